The van der Waals surface area contributed by atoms with Gasteiger partial charge in [0.15, 0.2) is 23.6 Å². The van der Waals surface area contributed by atoms with Gasteiger partial charge in [0.1, 0.15) is 6.54 Å². The molecule has 2 heterocycles. The molecule has 2 N–H and O–H groups in total. The van der Waals surface area contributed by atoms with Crippen LogP contribution in [0.4, 0.5) is 17.6 Å². The molecular formula is C22H20ClF4N7OS. The van der Waals surface area contributed by atoms with Crippen molar-refractivity contribution in [3.8, 4) is 17.1 Å². The molecule has 14 heteroatoms. The third-order valence-corrected chi connectivity index (χ3v) is 6.04. The summed E-state index contributed by atoms with van der Waals surface area (Å²) in [4.78, 5) is 17.9. The van der Waals surface area contributed by atoms with Crippen molar-refractivity contribution in [2.45, 2.75) is 43.7 Å². The van der Waals surface area contributed by atoms with Crippen molar-refractivity contribution in [2.75, 3.05) is 0 Å². The van der Waals surface area contributed by atoms with Gasteiger partial charge in [0.2, 0.25) is 0 Å². The summed E-state index contributed by atoms with van der Waals surface area (Å²) in [6.07, 6.45) is -7.20. The molecule has 0 fully saturated rings. The molecule has 0 bridgehead atoms. The van der Waals surface area contributed by atoms with Gasteiger partial charge in [-0.15, -0.1) is 10.2 Å². The number of nitrogens with zero attached hydrogens (tertiary/aromatic N) is 6. The monoisotopic (exact) mass is 541 g/mol. The first-order valence-electron chi connectivity index (χ1n) is 10.6. The zero-order chi connectivity index (χ0) is 26.0. The van der Waals surface area contributed by atoms with Crippen LogP contribution < -0.4 is 10.8 Å². The Morgan fingerprint density at radius 1 is 1.11 bits per heavy atom. The molecule has 2 aromatic carbocycles. The second-order valence-electron chi connectivity index (χ2n) is 7.79. The van der Waals surface area contributed by atoms with Crippen LogP contribution in [0.1, 0.15) is 31.2 Å². The summed E-state index contributed by atoms with van der Waals surface area (Å²) in [5.74, 6) is 0.0647. The molecule has 0 aliphatic rings. The van der Waals surface area contributed by atoms with Crippen LogP contribution in [0, 0.1) is 0 Å². The lowest BCUT2D eigenvalue weighted by molar-refractivity contribution is -0.136. The van der Waals surface area contributed by atoms with E-state index in [2.05, 4.69) is 15.2 Å². The highest BCUT2D eigenvalue weighted by Crippen LogP contribution is 2.26. The van der Waals surface area contributed by atoms with Crippen LogP contribution in [0.15, 0.2) is 58.2 Å². The molecule has 0 saturated carbocycles. The van der Waals surface area contributed by atoms with Crippen molar-refractivity contribution < 1.29 is 17.6 Å². The Kier molecular flexibility index (Phi) is 7.52. The predicted octanol–water partition coefficient (Wildman–Crippen LogP) is 4.94. The summed E-state index contributed by atoms with van der Waals surface area (Å²) in [6.45, 7) is 0.373. The Morgan fingerprint density at radius 3 is 2.44 bits per heavy atom. The Hall–Kier alpha value is -3.16. The van der Waals surface area contributed by atoms with Gasteiger partial charge >= 0.3 is 11.9 Å². The van der Waals surface area contributed by atoms with Crippen molar-refractivity contribution in [3.63, 3.8) is 0 Å². The normalized spacial score (nSPS) is 12.8. The van der Waals surface area contributed by atoms with Crippen LogP contribution in [-0.4, -0.2) is 35.3 Å². The van der Waals surface area contributed by atoms with Crippen LogP contribution in [-0.2, 0) is 13.1 Å². The number of nitrogens with two attached hydrogens (primary N) is 1. The van der Waals surface area contributed by atoms with E-state index in [0.29, 0.717) is 21.2 Å². The molecule has 0 aliphatic carbocycles. The van der Waals surface area contributed by atoms with E-state index in [1.165, 1.54) is 11.6 Å². The fraction of sp³-hybridized carbons (Fsp3) is 0.273. The number of para-hydroxylation sites is 1. The van der Waals surface area contributed by atoms with Gasteiger partial charge < -0.3 is 0 Å². The van der Waals surface area contributed by atoms with E-state index in [4.69, 9.17) is 16.7 Å². The molecule has 4 aromatic rings. The van der Waals surface area contributed by atoms with E-state index in [0.717, 1.165) is 21.2 Å². The van der Waals surface area contributed by atoms with Crippen LogP contribution in [0.5, 0.6) is 0 Å². The minimum absolute atomic E-state index is 0.0195. The number of rotatable bonds is 8. The molecule has 0 amide bonds. The highest BCUT2D eigenvalue weighted by molar-refractivity contribution is 7.97. The second-order valence-corrected chi connectivity index (χ2v) is 8.90. The summed E-state index contributed by atoms with van der Waals surface area (Å²) in [5.41, 5.74) is 0.115. The number of hydrogen-bond acceptors (Lipinski definition) is 6. The minimum atomic E-state index is -4.47. The quantitative estimate of drug-likeness (QED) is 0.251. The van der Waals surface area contributed by atoms with Crippen LogP contribution in [0.2, 0.25) is 5.02 Å². The average molecular weight is 542 g/mol. The largest absolute Gasteiger partial charge is 0.390 e. The summed E-state index contributed by atoms with van der Waals surface area (Å²) < 4.78 is 56.4. The molecule has 190 valence electrons. The molecule has 0 radical (unpaired) electrons. The lowest BCUT2D eigenvalue weighted by Crippen LogP contribution is -2.27. The zero-order valence-electron chi connectivity index (χ0n) is 18.8. The first kappa shape index (κ1) is 25.9. The first-order chi connectivity index (χ1) is 17.1. The van der Waals surface area contributed by atoms with E-state index in [9.17, 15) is 22.4 Å². The topological polar surface area (TPSA) is 96.5 Å². The maximum atomic E-state index is 14.4. The number of hydrogen-bond donors (Lipinski definition) is 1. The Morgan fingerprint density at radius 2 is 1.81 bits per heavy atom. The van der Waals surface area contributed by atoms with Gasteiger partial charge in [-0.1, -0.05) is 23.7 Å². The third kappa shape index (κ3) is 5.63. The standard InChI is InChI=1S/C22H20ClF4N7OS/c1-13(24)19-29-18(30-34(19)16-4-2-3-5-17(16)36-28)12-33-21(35)32(11-10-22(25,26)27)20(31-33)14-6-8-15(23)9-7-14/h2-9,13H,10-12,28H2,1H3. The van der Waals surface area contributed by atoms with E-state index in [1.807, 2.05) is 0 Å². The molecule has 8 nitrogen and oxygen atoms in total. The van der Waals surface area contributed by atoms with E-state index in [-0.39, 0.29) is 24.0 Å². The van der Waals surface area contributed by atoms with Crippen LogP contribution in [0.3, 0.4) is 0 Å². The van der Waals surface area contributed by atoms with Crippen molar-refractivity contribution >= 4 is 23.5 Å². The number of alkyl halides is 4. The molecule has 2 aromatic heterocycles. The van der Waals surface area contributed by atoms with E-state index >= 15 is 0 Å². The van der Waals surface area contributed by atoms with Crippen molar-refractivity contribution in [2.24, 2.45) is 5.14 Å². The van der Waals surface area contributed by atoms with Gasteiger partial charge in [-0.25, -0.2) is 23.5 Å². The third-order valence-electron chi connectivity index (χ3n) is 5.19. The lowest BCUT2D eigenvalue weighted by Gasteiger charge is -2.09. The molecule has 1 unspecified atom stereocenters. The Labute approximate surface area is 211 Å². The fourth-order valence-electron chi connectivity index (χ4n) is 3.53. The van der Waals surface area contributed by atoms with Gasteiger partial charge in [0.05, 0.1) is 12.1 Å². The molecule has 0 saturated heterocycles. The summed E-state index contributed by atoms with van der Waals surface area (Å²) in [5, 5.41) is 14.7. The fourth-order valence-corrected chi connectivity index (χ4v) is 4.09. The zero-order valence-corrected chi connectivity index (χ0v) is 20.4. The Bertz CT molecular complexity index is 1410. The first-order valence-corrected chi connectivity index (χ1v) is 11.9. The summed E-state index contributed by atoms with van der Waals surface area (Å²) in [7, 11) is 0. The maximum Gasteiger partial charge on any atom is 0.390 e. The van der Waals surface area contributed by atoms with Gasteiger partial charge in [0.25, 0.3) is 0 Å². The Balaban J connectivity index is 1.76. The molecule has 0 spiro atoms. The van der Waals surface area contributed by atoms with E-state index < -0.39 is 31.0 Å². The number of aromatic nitrogens is 6. The molecular weight excluding hydrogens is 522 g/mol. The van der Waals surface area contributed by atoms with Crippen LogP contribution >= 0.6 is 23.5 Å². The van der Waals surface area contributed by atoms with E-state index in [1.54, 1.807) is 48.5 Å². The van der Waals surface area contributed by atoms with Gasteiger partial charge in [-0.05, 0) is 55.3 Å². The second kappa shape index (κ2) is 10.4. The van der Waals surface area contributed by atoms with Crippen molar-refractivity contribution in [3.05, 3.63) is 75.7 Å². The lowest BCUT2D eigenvalue weighted by atomic mass is 10.2. The van der Waals surface area contributed by atoms with Crippen molar-refractivity contribution in [1.82, 2.24) is 29.1 Å². The number of halogens is 5. The summed E-state index contributed by atoms with van der Waals surface area (Å²) in [6, 6.07) is 13.1. The predicted molar refractivity (Wildman–Crippen MR) is 128 cm³/mol. The van der Waals surface area contributed by atoms with Gasteiger partial charge in [0, 0.05) is 22.0 Å². The maximum absolute atomic E-state index is 14.4. The summed E-state index contributed by atoms with van der Waals surface area (Å²) >= 11 is 6.87. The number of benzene rings is 2. The van der Waals surface area contributed by atoms with Gasteiger partial charge in [-0.2, -0.15) is 13.2 Å². The average Bonchev–Trinajstić information content (AvgIpc) is 3.39. The molecule has 36 heavy (non-hydrogen) atoms. The molecule has 4 rings (SSSR count). The van der Waals surface area contributed by atoms with Crippen molar-refractivity contribution in [1.29, 1.82) is 0 Å². The minimum Gasteiger partial charge on any atom is -0.275 e. The van der Waals surface area contributed by atoms with Crippen LogP contribution in [0.25, 0.3) is 17.1 Å². The van der Waals surface area contributed by atoms with Gasteiger partial charge in [-0.3, -0.25) is 9.71 Å². The SMILES string of the molecule is CC(F)c1nc(Cn2nc(-c3ccc(Cl)cc3)n(CCC(F)(F)F)c2=O)nn1-c1ccccc1SN. The smallest absolute Gasteiger partial charge is 0.275 e. The molecule has 0 aliphatic heterocycles. The molecule has 1 atom stereocenters. The highest BCUT2D eigenvalue weighted by atomic mass is 35.5. The highest BCUT2D eigenvalue weighted by Gasteiger charge is 2.29.